The summed E-state index contributed by atoms with van der Waals surface area (Å²) >= 11 is 1.54. The number of nitrogens with zero attached hydrogens (tertiary/aromatic N) is 1. The number of amides is 1. The fraction of sp³-hybridized carbons (Fsp3) is 0.111. The zero-order chi connectivity index (χ0) is 16.5. The van der Waals surface area contributed by atoms with Crippen LogP contribution in [0.4, 0.5) is 16.6 Å². The van der Waals surface area contributed by atoms with Gasteiger partial charge in [0.1, 0.15) is 11.6 Å². The first kappa shape index (κ1) is 14.7. The van der Waals surface area contributed by atoms with Crippen LogP contribution in [-0.2, 0) is 4.79 Å². The van der Waals surface area contributed by atoms with Crippen LogP contribution < -0.4 is 10.6 Å². The summed E-state index contributed by atoms with van der Waals surface area (Å²) in [7, 11) is 0. The lowest BCUT2D eigenvalue weighted by Gasteiger charge is -2.21. The number of fused-ring (bicyclic) bond motifs is 1. The fourth-order valence-electron chi connectivity index (χ4n) is 2.79. The molecule has 0 radical (unpaired) electrons. The maximum absolute atomic E-state index is 12.0. The minimum atomic E-state index is -0.0443. The molecule has 1 atom stereocenters. The van der Waals surface area contributed by atoms with Crippen molar-refractivity contribution in [2.75, 3.05) is 10.6 Å². The third kappa shape index (κ3) is 2.83. The Morgan fingerprint density at radius 2 is 1.88 bits per heavy atom. The van der Waals surface area contributed by atoms with Crippen molar-refractivity contribution in [2.45, 2.75) is 12.3 Å². The van der Waals surface area contributed by atoms with Crippen LogP contribution in [-0.4, -0.2) is 16.0 Å². The lowest BCUT2D eigenvalue weighted by Crippen LogP contribution is -2.22. The van der Waals surface area contributed by atoms with Gasteiger partial charge in [-0.1, -0.05) is 41.7 Å². The van der Waals surface area contributed by atoms with E-state index in [1.54, 1.807) is 12.1 Å². The summed E-state index contributed by atoms with van der Waals surface area (Å²) in [6.45, 7) is 0. The van der Waals surface area contributed by atoms with E-state index in [9.17, 15) is 9.90 Å². The zero-order valence-corrected chi connectivity index (χ0v) is 13.5. The van der Waals surface area contributed by atoms with E-state index < -0.39 is 0 Å². The van der Waals surface area contributed by atoms with Gasteiger partial charge >= 0.3 is 0 Å². The average molecular weight is 337 g/mol. The smallest absolute Gasteiger partial charge is 0.226 e. The Kier molecular flexibility index (Phi) is 3.66. The largest absolute Gasteiger partial charge is 0.508 e. The Labute approximate surface area is 143 Å². The Balaban J connectivity index is 1.68. The summed E-state index contributed by atoms with van der Waals surface area (Å²) in [5, 5.41) is 16.3. The van der Waals surface area contributed by atoms with Crippen molar-refractivity contribution in [1.29, 1.82) is 0 Å². The Hall–Kier alpha value is -2.86. The highest BCUT2D eigenvalue weighted by Crippen LogP contribution is 2.43. The summed E-state index contributed by atoms with van der Waals surface area (Å²) in [5.74, 6) is 0.748. The van der Waals surface area contributed by atoms with E-state index in [0.29, 0.717) is 12.2 Å². The third-order valence-corrected chi connectivity index (χ3v) is 5.02. The molecular weight excluding hydrogens is 322 g/mol. The number of phenolic OH excluding ortho intramolecular Hbond substituents is 1. The molecule has 0 spiro atoms. The molecule has 120 valence electrons. The molecule has 2 aromatic carbocycles. The number of benzene rings is 2. The van der Waals surface area contributed by atoms with Gasteiger partial charge in [-0.25, -0.2) is 4.98 Å². The molecule has 1 aliphatic rings. The van der Waals surface area contributed by atoms with Gasteiger partial charge < -0.3 is 15.7 Å². The number of para-hydroxylation sites is 1. The molecule has 3 aromatic rings. The van der Waals surface area contributed by atoms with E-state index >= 15 is 0 Å². The van der Waals surface area contributed by atoms with Crippen molar-refractivity contribution < 1.29 is 9.90 Å². The van der Waals surface area contributed by atoms with Crippen molar-refractivity contribution in [2.24, 2.45) is 0 Å². The minimum Gasteiger partial charge on any atom is -0.508 e. The highest BCUT2D eigenvalue weighted by atomic mass is 32.1. The Morgan fingerprint density at radius 1 is 1.12 bits per heavy atom. The quantitative estimate of drug-likeness (QED) is 0.673. The van der Waals surface area contributed by atoms with Gasteiger partial charge in [-0.05, 0) is 29.8 Å². The number of rotatable bonds is 3. The highest BCUT2D eigenvalue weighted by Gasteiger charge is 2.30. The van der Waals surface area contributed by atoms with Gasteiger partial charge in [-0.3, -0.25) is 4.79 Å². The molecule has 0 fully saturated rings. The van der Waals surface area contributed by atoms with E-state index in [0.717, 1.165) is 21.3 Å². The molecule has 1 amide bonds. The maximum Gasteiger partial charge on any atom is 0.226 e. The highest BCUT2D eigenvalue weighted by molar-refractivity contribution is 7.16. The molecule has 24 heavy (non-hydrogen) atoms. The number of anilines is 3. The fourth-order valence-corrected chi connectivity index (χ4v) is 3.86. The van der Waals surface area contributed by atoms with Crippen LogP contribution in [0.2, 0.25) is 0 Å². The second kappa shape index (κ2) is 5.98. The van der Waals surface area contributed by atoms with Crippen LogP contribution in [0.3, 0.4) is 0 Å². The van der Waals surface area contributed by atoms with Crippen molar-refractivity contribution >= 4 is 33.9 Å². The SMILES string of the molecule is O=C1CC(c2ccc(O)cc2)c2sc(Nc3ccccc3)nc2N1. The third-order valence-electron chi connectivity index (χ3n) is 3.94. The van der Waals surface area contributed by atoms with Crippen molar-refractivity contribution in [3.8, 4) is 5.75 Å². The molecule has 2 heterocycles. The van der Waals surface area contributed by atoms with Crippen LogP contribution >= 0.6 is 11.3 Å². The van der Waals surface area contributed by atoms with Crippen LogP contribution in [0, 0.1) is 0 Å². The number of carbonyl (C=O) groups is 1. The average Bonchev–Trinajstić information content (AvgIpc) is 2.98. The van der Waals surface area contributed by atoms with Crippen LogP contribution in [0.15, 0.2) is 54.6 Å². The van der Waals surface area contributed by atoms with Gasteiger partial charge in [0.15, 0.2) is 5.13 Å². The van der Waals surface area contributed by atoms with Gasteiger partial charge in [0.25, 0.3) is 0 Å². The molecule has 1 unspecified atom stereocenters. The van der Waals surface area contributed by atoms with Crippen molar-refractivity contribution in [3.05, 3.63) is 65.0 Å². The van der Waals surface area contributed by atoms with Gasteiger partial charge in [-0.2, -0.15) is 0 Å². The molecule has 0 aliphatic carbocycles. The van der Waals surface area contributed by atoms with Gasteiger partial charge in [0.2, 0.25) is 5.91 Å². The van der Waals surface area contributed by atoms with Gasteiger partial charge in [0, 0.05) is 18.0 Å². The summed E-state index contributed by atoms with van der Waals surface area (Å²) < 4.78 is 0. The Morgan fingerprint density at radius 3 is 2.62 bits per heavy atom. The number of aromatic nitrogens is 1. The first-order valence-electron chi connectivity index (χ1n) is 7.60. The molecule has 0 bridgehead atoms. The monoisotopic (exact) mass is 337 g/mol. The number of hydrogen-bond donors (Lipinski definition) is 3. The summed E-state index contributed by atoms with van der Waals surface area (Å²) in [5.41, 5.74) is 1.95. The number of carbonyl (C=O) groups excluding carboxylic acids is 1. The predicted molar refractivity (Wildman–Crippen MR) is 95.0 cm³/mol. The molecule has 5 nitrogen and oxygen atoms in total. The summed E-state index contributed by atoms with van der Waals surface area (Å²) in [6, 6.07) is 16.8. The number of nitrogens with one attached hydrogen (secondary N) is 2. The topological polar surface area (TPSA) is 74.2 Å². The minimum absolute atomic E-state index is 0.0434. The number of hydrogen-bond acceptors (Lipinski definition) is 5. The second-order valence-corrected chi connectivity index (χ2v) is 6.65. The number of aromatic hydroxyl groups is 1. The second-order valence-electron chi connectivity index (χ2n) is 5.62. The van der Waals surface area contributed by atoms with E-state index in [-0.39, 0.29) is 17.6 Å². The van der Waals surface area contributed by atoms with Crippen LogP contribution in [0.25, 0.3) is 0 Å². The van der Waals surface area contributed by atoms with E-state index in [1.807, 2.05) is 42.5 Å². The van der Waals surface area contributed by atoms with Crippen molar-refractivity contribution in [1.82, 2.24) is 4.98 Å². The number of phenols is 1. The predicted octanol–water partition coefficient (Wildman–Crippen LogP) is 4.07. The lowest BCUT2D eigenvalue weighted by molar-refractivity contribution is -0.116. The van der Waals surface area contributed by atoms with E-state index in [4.69, 9.17) is 0 Å². The zero-order valence-electron chi connectivity index (χ0n) is 12.7. The van der Waals surface area contributed by atoms with Gasteiger partial charge in [-0.15, -0.1) is 0 Å². The molecular formula is C18H15N3O2S. The molecule has 4 rings (SSSR count). The van der Waals surface area contributed by atoms with Crippen LogP contribution in [0.1, 0.15) is 22.8 Å². The molecule has 3 N–H and O–H groups in total. The van der Waals surface area contributed by atoms with Gasteiger partial charge in [0.05, 0.1) is 4.88 Å². The molecule has 6 heteroatoms. The number of thiazole rings is 1. The summed E-state index contributed by atoms with van der Waals surface area (Å²) in [6.07, 6.45) is 0.380. The first-order chi connectivity index (χ1) is 11.7. The van der Waals surface area contributed by atoms with E-state index in [1.165, 1.54) is 11.3 Å². The summed E-state index contributed by atoms with van der Waals surface area (Å²) in [4.78, 5) is 17.6. The molecule has 1 aliphatic heterocycles. The normalized spacial score (nSPS) is 16.3. The molecule has 1 aromatic heterocycles. The van der Waals surface area contributed by atoms with Crippen molar-refractivity contribution in [3.63, 3.8) is 0 Å². The lowest BCUT2D eigenvalue weighted by atomic mass is 9.91. The van der Waals surface area contributed by atoms with Crippen LogP contribution in [0.5, 0.6) is 5.75 Å². The molecule has 0 saturated heterocycles. The molecule has 0 saturated carbocycles. The Bertz CT molecular complexity index is 875. The van der Waals surface area contributed by atoms with E-state index in [2.05, 4.69) is 15.6 Å². The standard InChI is InChI=1S/C18H15N3O2S/c22-13-8-6-11(7-9-13)14-10-15(23)20-17-16(14)24-18(21-17)19-12-4-2-1-3-5-12/h1-9,14,22H,10H2,(H,19,21)(H,20,23). The first-order valence-corrected chi connectivity index (χ1v) is 8.42. The maximum atomic E-state index is 12.0.